The molecule has 0 heterocycles. The molecule has 0 fully saturated rings. The summed E-state index contributed by atoms with van der Waals surface area (Å²) >= 11 is 0. The van der Waals surface area contributed by atoms with E-state index in [1.165, 1.54) is 29.5 Å². The van der Waals surface area contributed by atoms with Crippen LogP contribution in [0, 0.1) is 6.92 Å². The summed E-state index contributed by atoms with van der Waals surface area (Å²) in [5, 5.41) is 0. The Morgan fingerprint density at radius 1 is 1.15 bits per heavy atom. The van der Waals surface area contributed by atoms with Crippen LogP contribution in [-0.4, -0.2) is 0 Å². The average molecular weight is 174 g/mol. The van der Waals surface area contributed by atoms with Crippen LogP contribution in [0.25, 0.3) is 6.08 Å². The van der Waals surface area contributed by atoms with Crippen LogP contribution in [0.2, 0.25) is 0 Å². The van der Waals surface area contributed by atoms with E-state index in [1.807, 2.05) is 13.8 Å². The van der Waals surface area contributed by atoms with Crippen molar-refractivity contribution >= 4 is 6.08 Å². The number of hydrogen-bond acceptors (Lipinski definition) is 0. The lowest BCUT2D eigenvalue weighted by molar-refractivity contribution is 0.981. The van der Waals surface area contributed by atoms with Crippen LogP contribution in [0.3, 0.4) is 0 Å². The van der Waals surface area contributed by atoms with E-state index in [0.29, 0.717) is 0 Å². The fraction of sp³-hybridized carbons (Fsp3) is 0.385. The van der Waals surface area contributed by atoms with Crippen molar-refractivity contribution < 1.29 is 0 Å². The molecule has 0 heteroatoms. The third-order valence-electron chi connectivity index (χ3n) is 2.28. The van der Waals surface area contributed by atoms with E-state index in [9.17, 15) is 0 Å². The Hall–Kier alpha value is -1.04. The largest absolute Gasteiger partial charge is 0.0836 e. The van der Waals surface area contributed by atoms with Gasteiger partial charge in [-0.2, -0.15) is 0 Å². The zero-order valence-corrected chi connectivity index (χ0v) is 8.80. The molecule has 1 aromatic rings. The lowest BCUT2D eigenvalue weighted by Crippen LogP contribution is -1.95. The van der Waals surface area contributed by atoms with Crippen LogP contribution in [0.1, 0.15) is 37.0 Å². The highest BCUT2D eigenvalue weighted by Crippen LogP contribution is 2.21. The topological polar surface area (TPSA) is 0 Å². The zero-order valence-electron chi connectivity index (χ0n) is 8.80. The summed E-state index contributed by atoms with van der Waals surface area (Å²) in [6.45, 7) is 6.18. The van der Waals surface area contributed by atoms with Crippen LogP contribution in [0.15, 0.2) is 24.3 Å². The molecule has 0 unspecified atom stereocenters. The van der Waals surface area contributed by atoms with Crippen LogP contribution in [0.5, 0.6) is 0 Å². The maximum Gasteiger partial charge on any atom is -0.0198 e. The van der Waals surface area contributed by atoms with Gasteiger partial charge in [-0.3, -0.25) is 0 Å². The summed E-state index contributed by atoms with van der Waals surface area (Å²) in [4.78, 5) is 0. The Morgan fingerprint density at radius 3 is 2.62 bits per heavy atom. The number of fused-ring (bicyclic) bond motifs is 1. The average Bonchev–Trinajstić information content (AvgIpc) is 2.22. The smallest absolute Gasteiger partial charge is 0.0198 e. The van der Waals surface area contributed by atoms with Crippen LogP contribution >= 0.6 is 0 Å². The van der Waals surface area contributed by atoms with Gasteiger partial charge < -0.3 is 0 Å². The molecule has 1 aliphatic rings. The predicted octanol–water partition coefficient (Wildman–Crippen LogP) is 3.98. The fourth-order valence-corrected chi connectivity index (χ4v) is 1.64. The summed E-state index contributed by atoms with van der Waals surface area (Å²) in [6.07, 6.45) is 6.92. The molecule has 0 nitrogen and oxygen atoms in total. The monoisotopic (exact) mass is 174 g/mol. The van der Waals surface area contributed by atoms with Gasteiger partial charge in [0.1, 0.15) is 0 Å². The predicted molar refractivity (Wildman–Crippen MR) is 59.9 cm³/mol. The minimum absolute atomic E-state index is 1.20. The van der Waals surface area contributed by atoms with Gasteiger partial charge in [0.15, 0.2) is 0 Å². The van der Waals surface area contributed by atoms with Crippen molar-refractivity contribution in [1.29, 1.82) is 0 Å². The lowest BCUT2D eigenvalue weighted by atomic mass is 9.94. The molecular weight excluding hydrogens is 156 g/mol. The highest BCUT2D eigenvalue weighted by Gasteiger charge is 2.04. The minimum Gasteiger partial charge on any atom is -0.0836 e. The van der Waals surface area contributed by atoms with Crippen molar-refractivity contribution in [1.82, 2.24) is 0 Å². The molecule has 0 atom stereocenters. The van der Waals surface area contributed by atoms with E-state index in [0.717, 1.165) is 0 Å². The first-order valence-electron chi connectivity index (χ1n) is 5.13. The van der Waals surface area contributed by atoms with Gasteiger partial charge in [-0.25, -0.2) is 0 Å². The third-order valence-corrected chi connectivity index (χ3v) is 2.28. The summed E-state index contributed by atoms with van der Waals surface area (Å²) in [5.74, 6) is 0. The van der Waals surface area contributed by atoms with E-state index in [1.54, 1.807) is 0 Å². The second kappa shape index (κ2) is 4.86. The molecule has 1 aromatic carbocycles. The summed E-state index contributed by atoms with van der Waals surface area (Å²) in [7, 11) is 0. The van der Waals surface area contributed by atoms with Gasteiger partial charge in [-0.1, -0.05) is 44.2 Å². The molecular formula is C13H18. The van der Waals surface area contributed by atoms with E-state index < -0.39 is 0 Å². The lowest BCUT2D eigenvalue weighted by Gasteiger charge is -2.11. The molecule has 70 valence electrons. The quantitative estimate of drug-likeness (QED) is 0.558. The standard InChI is InChI=1S/C11H12.C2H6/c1-9-5-4-7-10-6-2-3-8-11(9)10;1-2/h3-5,7-8H,2,6H2,1H3;1-2H3. The van der Waals surface area contributed by atoms with Crippen molar-refractivity contribution in [2.75, 3.05) is 0 Å². The van der Waals surface area contributed by atoms with Gasteiger partial charge in [0.25, 0.3) is 0 Å². The van der Waals surface area contributed by atoms with Gasteiger partial charge in [0.05, 0.1) is 0 Å². The molecule has 2 rings (SSSR count). The van der Waals surface area contributed by atoms with E-state index in [2.05, 4.69) is 37.3 Å². The van der Waals surface area contributed by atoms with Crippen molar-refractivity contribution in [3.8, 4) is 0 Å². The first-order chi connectivity index (χ1) is 6.38. The Balaban J connectivity index is 0.000000396. The highest BCUT2D eigenvalue weighted by molar-refractivity contribution is 5.59. The molecule has 0 saturated heterocycles. The maximum atomic E-state index is 2.26. The molecule has 13 heavy (non-hydrogen) atoms. The molecule has 0 spiro atoms. The normalized spacial score (nSPS) is 12.8. The van der Waals surface area contributed by atoms with Crippen molar-refractivity contribution in [3.05, 3.63) is 41.0 Å². The van der Waals surface area contributed by atoms with E-state index >= 15 is 0 Å². The highest BCUT2D eigenvalue weighted by atomic mass is 14.1. The fourth-order valence-electron chi connectivity index (χ4n) is 1.64. The van der Waals surface area contributed by atoms with E-state index in [-0.39, 0.29) is 0 Å². The Bertz CT molecular complexity index is 295. The Kier molecular flexibility index (Phi) is 3.75. The van der Waals surface area contributed by atoms with Crippen LogP contribution in [-0.2, 0) is 6.42 Å². The second-order valence-electron chi connectivity index (χ2n) is 3.09. The van der Waals surface area contributed by atoms with Gasteiger partial charge in [-0.05, 0) is 36.5 Å². The molecule has 0 saturated carbocycles. The van der Waals surface area contributed by atoms with E-state index in [4.69, 9.17) is 0 Å². The van der Waals surface area contributed by atoms with Gasteiger partial charge in [0, 0.05) is 0 Å². The number of rotatable bonds is 0. The van der Waals surface area contributed by atoms with Crippen LogP contribution in [0.4, 0.5) is 0 Å². The Morgan fingerprint density at radius 2 is 1.92 bits per heavy atom. The zero-order chi connectivity index (χ0) is 9.68. The number of allylic oxidation sites excluding steroid dienone is 1. The number of aryl methyl sites for hydroxylation is 2. The Labute approximate surface area is 81.3 Å². The molecule has 0 aromatic heterocycles. The number of hydrogen-bond donors (Lipinski definition) is 0. The first-order valence-corrected chi connectivity index (χ1v) is 5.13. The van der Waals surface area contributed by atoms with Crippen LogP contribution < -0.4 is 0 Å². The molecule has 0 amide bonds. The molecule has 0 radical (unpaired) electrons. The third kappa shape index (κ3) is 2.21. The molecule has 0 N–H and O–H groups in total. The minimum atomic E-state index is 1.20. The molecule has 0 aliphatic heterocycles. The van der Waals surface area contributed by atoms with Crippen molar-refractivity contribution in [2.24, 2.45) is 0 Å². The van der Waals surface area contributed by atoms with Crippen molar-refractivity contribution in [3.63, 3.8) is 0 Å². The first kappa shape index (κ1) is 10.0. The van der Waals surface area contributed by atoms with Crippen molar-refractivity contribution in [2.45, 2.75) is 33.6 Å². The summed E-state index contributed by atoms with van der Waals surface area (Å²) < 4.78 is 0. The van der Waals surface area contributed by atoms with Gasteiger partial charge in [-0.15, -0.1) is 0 Å². The maximum absolute atomic E-state index is 2.26. The summed E-state index contributed by atoms with van der Waals surface area (Å²) in [5.41, 5.74) is 4.35. The SMILES string of the molecule is CC.Cc1cccc2c1C=CCC2. The second-order valence-corrected chi connectivity index (χ2v) is 3.09. The molecule has 1 aliphatic carbocycles. The summed E-state index contributed by atoms with van der Waals surface area (Å²) in [6, 6.07) is 6.55. The number of benzene rings is 1. The molecule has 0 bridgehead atoms. The van der Waals surface area contributed by atoms with Gasteiger partial charge in [0.2, 0.25) is 0 Å². The van der Waals surface area contributed by atoms with Gasteiger partial charge >= 0.3 is 0 Å².